The van der Waals surface area contributed by atoms with Crippen LogP contribution >= 0.6 is 0 Å². The average Bonchev–Trinajstić information content (AvgIpc) is 3.26. The summed E-state index contributed by atoms with van der Waals surface area (Å²) < 4.78 is 56.7. The van der Waals surface area contributed by atoms with Crippen LogP contribution in [0.2, 0.25) is 0 Å². The molecular formula is C17H27F3N2O4. The van der Waals surface area contributed by atoms with E-state index in [0.29, 0.717) is 45.8 Å². The first-order chi connectivity index (χ1) is 12.3. The second kappa shape index (κ2) is 7.90. The molecule has 0 aliphatic carbocycles. The van der Waals surface area contributed by atoms with E-state index in [2.05, 4.69) is 5.32 Å². The zero-order chi connectivity index (χ0) is 18.8. The number of halogens is 3. The van der Waals surface area contributed by atoms with Crippen LogP contribution in [0.4, 0.5) is 18.0 Å². The number of alkyl halides is 3. The van der Waals surface area contributed by atoms with Gasteiger partial charge in [0, 0.05) is 32.0 Å². The molecule has 0 aromatic rings. The Balaban J connectivity index is 1.59. The topological polar surface area (TPSA) is 60.0 Å². The molecule has 150 valence electrons. The Hall–Kier alpha value is -1.06. The summed E-state index contributed by atoms with van der Waals surface area (Å²) in [7, 11) is 0. The van der Waals surface area contributed by atoms with Gasteiger partial charge in [0.15, 0.2) is 5.79 Å². The number of piperidine rings is 1. The molecule has 0 spiro atoms. The number of likely N-dealkylation sites (tertiary alicyclic amines) is 1. The molecule has 0 radical (unpaired) electrons. The minimum atomic E-state index is -4.50. The lowest BCUT2D eigenvalue weighted by Gasteiger charge is -2.40. The van der Waals surface area contributed by atoms with Gasteiger partial charge < -0.3 is 24.4 Å². The first-order valence-electron chi connectivity index (χ1n) is 9.29. The van der Waals surface area contributed by atoms with E-state index in [9.17, 15) is 18.0 Å². The second-order valence-electron chi connectivity index (χ2n) is 7.41. The smallest absolute Gasteiger partial charge is 0.378 e. The summed E-state index contributed by atoms with van der Waals surface area (Å²) in [5.41, 5.74) is 0. The van der Waals surface area contributed by atoms with Crippen LogP contribution in [0, 0.1) is 5.92 Å². The molecule has 3 fully saturated rings. The van der Waals surface area contributed by atoms with Crippen LogP contribution in [0.15, 0.2) is 0 Å². The van der Waals surface area contributed by atoms with Gasteiger partial charge in [0.1, 0.15) is 6.04 Å². The van der Waals surface area contributed by atoms with E-state index in [4.69, 9.17) is 14.2 Å². The quantitative estimate of drug-likeness (QED) is 0.815. The molecule has 0 bridgehead atoms. The van der Waals surface area contributed by atoms with Gasteiger partial charge in [-0.25, -0.2) is 4.79 Å². The van der Waals surface area contributed by atoms with E-state index in [-0.39, 0.29) is 12.3 Å². The summed E-state index contributed by atoms with van der Waals surface area (Å²) >= 11 is 0. The largest absolute Gasteiger partial charge is 0.408 e. The number of nitrogens with one attached hydrogen (secondary N) is 1. The minimum absolute atomic E-state index is 0.0491. The summed E-state index contributed by atoms with van der Waals surface area (Å²) in [6, 6.07) is -2.58. The monoisotopic (exact) mass is 380 g/mol. The van der Waals surface area contributed by atoms with Crippen LogP contribution in [0.5, 0.6) is 0 Å². The standard InChI is InChI=1S/C17H27F3N2O4/c1-16(25-8-9-26-16)12-4-2-6-22(11-12)15(23)21-14(17(18,19)20)10-13-5-3-7-24-13/h12-14H,2-11H2,1H3,(H,21,23). The minimum Gasteiger partial charge on any atom is -0.378 e. The zero-order valence-electron chi connectivity index (χ0n) is 15.0. The van der Waals surface area contributed by atoms with E-state index in [1.807, 2.05) is 6.92 Å². The molecule has 3 unspecified atom stereocenters. The fraction of sp³-hybridized carbons (Fsp3) is 0.941. The molecule has 3 aliphatic heterocycles. The SMILES string of the molecule is CC1(C2CCCN(C(=O)NC(CC3CCCO3)C(F)(F)F)C2)OCCO1. The van der Waals surface area contributed by atoms with E-state index in [1.165, 1.54) is 4.90 Å². The first kappa shape index (κ1) is 19.7. The van der Waals surface area contributed by atoms with Crippen molar-refractivity contribution in [2.45, 2.75) is 63.1 Å². The molecular weight excluding hydrogens is 353 g/mol. The predicted molar refractivity (Wildman–Crippen MR) is 86.6 cm³/mol. The molecule has 26 heavy (non-hydrogen) atoms. The third kappa shape index (κ3) is 4.61. The highest BCUT2D eigenvalue weighted by molar-refractivity contribution is 5.74. The third-order valence-corrected chi connectivity index (χ3v) is 5.53. The fourth-order valence-electron chi connectivity index (χ4n) is 3.96. The number of nitrogens with zero attached hydrogens (tertiary/aromatic N) is 1. The van der Waals surface area contributed by atoms with E-state index >= 15 is 0 Å². The van der Waals surface area contributed by atoms with Crippen molar-refractivity contribution in [2.75, 3.05) is 32.9 Å². The van der Waals surface area contributed by atoms with E-state index < -0.39 is 30.1 Å². The van der Waals surface area contributed by atoms with Crippen LogP contribution < -0.4 is 5.32 Å². The maximum atomic E-state index is 13.4. The molecule has 2 amide bonds. The van der Waals surface area contributed by atoms with Crippen molar-refractivity contribution in [3.05, 3.63) is 0 Å². The maximum absolute atomic E-state index is 13.4. The van der Waals surface area contributed by atoms with Gasteiger partial charge in [0.05, 0.1) is 19.3 Å². The number of hydrogen-bond acceptors (Lipinski definition) is 4. The molecule has 3 aliphatic rings. The number of rotatable bonds is 4. The Morgan fingerprint density at radius 1 is 1.23 bits per heavy atom. The lowest BCUT2D eigenvalue weighted by molar-refractivity contribution is -0.190. The number of urea groups is 1. The fourth-order valence-corrected chi connectivity index (χ4v) is 3.96. The van der Waals surface area contributed by atoms with Crippen LogP contribution in [0.25, 0.3) is 0 Å². The highest BCUT2D eigenvalue weighted by Crippen LogP contribution is 2.34. The van der Waals surface area contributed by atoms with Crippen molar-refractivity contribution in [3.63, 3.8) is 0 Å². The van der Waals surface area contributed by atoms with Crippen LogP contribution in [0.1, 0.15) is 39.0 Å². The summed E-state index contributed by atoms with van der Waals surface area (Å²) in [5.74, 6) is -0.813. The van der Waals surface area contributed by atoms with Crippen LogP contribution in [0.3, 0.4) is 0 Å². The number of ether oxygens (including phenoxy) is 3. The Labute approximate surface area is 151 Å². The van der Waals surface area contributed by atoms with Gasteiger partial charge in [0.2, 0.25) is 0 Å². The molecule has 1 N–H and O–H groups in total. The van der Waals surface area contributed by atoms with Gasteiger partial charge in [-0.3, -0.25) is 0 Å². The lowest BCUT2D eigenvalue weighted by Crippen LogP contribution is -2.55. The average molecular weight is 380 g/mol. The van der Waals surface area contributed by atoms with Crippen LogP contribution in [-0.4, -0.2) is 68.0 Å². The molecule has 0 aromatic carbocycles. The van der Waals surface area contributed by atoms with E-state index in [1.54, 1.807) is 0 Å². The van der Waals surface area contributed by atoms with E-state index in [0.717, 1.165) is 12.8 Å². The number of carbonyl (C=O) groups excluding carboxylic acids is 1. The number of carbonyl (C=O) groups is 1. The Kier molecular flexibility index (Phi) is 5.98. The van der Waals surface area contributed by atoms with Gasteiger partial charge in [-0.2, -0.15) is 13.2 Å². The Morgan fingerprint density at radius 2 is 1.96 bits per heavy atom. The maximum Gasteiger partial charge on any atom is 0.408 e. The van der Waals surface area contributed by atoms with Gasteiger partial charge in [-0.05, 0) is 32.6 Å². The van der Waals surface area contributed by atoms with Crippen molar-refractivity contribution >= 4 is 6.03 Å². The number of hydrogen-bond donors (Lipinski definition) is 1. The molecule has 3 heterocycles. The van der Waals surface area contributed by atoms with Crippen molar-refractivity contribution in [2.24, 2.45) is 5.92 Å². The van der Waals surface area contributed by atoms with Crippen molar-refractivity contribution < 1.29 is 32.2 Å². The van der Waals surface area contributed by atoms with Gasteiger partial charge in [-0.1, -0.05) is 0 Å². The lowest BCUT2D eigenvalue weighted by atomic mass is 9.90. The first-order valence-corrected chi connectivity index (χ1v) is 9.29. The van der Waals surface area contributed by atoms with Gasteiger partial charge >= 0.3 is 12.2 Å². The summed E-state index contributed by atoms with van der Waals surface area (Å²) in [6.45, 7) is 4.07. The normalized spacial score (nSPS) is 30.4. The van der Waals surface area contributed by atoms with Crippen molar-refractivity contribution in [3.8, 4) is 0 Å². The van der Waals surface area contributed by atoms with Gasteiger partial charge in [-0.15, -0.1) is 0 Å². The molecule has 6 nitrogen and oxygen atoms in total. The predicted octanol–water partition coefficient (Wildman–Crippen LogP) is 2.67. The Morgan fingerprint density at radius 3 is 2.58 bits per heavy atom. The van der Waals surface area contributed by atoms with Gasteiger partial charge in [0.25, 0.3) is 0 Å². The number of amides is 2. The van der Waals surface area contributed by atoms with Crippen LogP contribution in [-0.2, 0) is 14.2 Å². The highest BCUT2D eigenvalue weighted by Gasteiger charge is 2.45. The summed E-state index contributed by atoms with van der Waals surface area (Å²) in [5, 5.41) is 2.18. The zero-order valence-corrected chi connectivity index (χ0v) is 15.0. The highest BCUT2D eigenvalue weighted by atomic mass is 19.4. The molecule has 0 saturated carbocycles. The molecule has 3 atom stereocenters. The molecule has 9 heteroatoms. The summed E-state index contributed by atoms with van der Waals surface area (Å²) in [6.07, 6.45) is -2.30. The second-order valence-corrected chi connectivity index (χ2v) is 7.41. The third-order valence-electron chi connectivity index (χ3n) is 5.53. The van der Waals surface area contributed by atoms with Crippen molar-refractivity contribution in [1.82, 2.24) is 10.2 Å². The Bertz CT molecular complexity index is 491. The van der Waals surface area contributed by atoms with Crippen molar-refractivity contribution in [1.29, 1.82) is 0 Å². The summed E-state index contributed by atoms with van der Waals surface area (Å²) in [4.78, 5) is 13.9. The molecule has 3 rings (SSSR count). The molecule has 0 aromatic heterocycles. The molecule has 3 saturated heterocycles.